The van der Waals surface area contributed by atoms with Crippen LogP contribution in [0, 0.1) is 5.92 Å². The fraction of sp³-hybridized carbons (Fsp3) is 0.310. The number of fused-ring (bicyclic) bond motifs is 1. The number of para-hydroxylation sites is 4. The summed E-state index contributed by atoms with van der Waals surface area (Å²) in [5.41, 5.74) is 3.39. The molecule has 0 saturated heterocycles. The Kier molecular flexibility index (Phi) is 7.83. The quantitative estimate of drug-likeness (QED) is 0.494. The van der Waals surface area contributed by atoms with Gasteiger partial charge in [0.05, 0.1) is 17.3 Å². The van der Waals surface area contributed by atoms with E-state index < -0.39 is 5.92 Å². The van der Waals surface area contributed by atoms with Gasteiger partial charge in [0.2, 0.25) is 11.8 Å². The first-order valence-corrected chi connectivity index (χ1v) is 12.2. The minimum atomic E-state index is -0.490. The van der Waals surface area contributed by atoms with Gasteiger partial charge in [0.15, 0.2) is 0 Å². The van der Waals surface area contributed by atoms with E-state index in [4.69, 9.17) is 0 Å². The Hall–Kier alpha value is -3.64. The molecule has 3 aromatic carbocycles. The first-order valence-electron chi connectivity index (χ1n) is 12.2. The van der Waals surface area contributed by atoms with Crippen molar-refractivity contribution in [1.29, 1.82) is 0 Å². The van der Waals surface area contributed by atoms with Crippen LogP contribution in [0.3, 0.4) is 0 Å². The highest BCUT2D eigenvalue weighted by Gasteiger charge is 2.35. The number of amides is 2. The molecule has 4 rings (SSSR count). The van der Waals surface area contributed by atoms with Gasteiger partial charge in [-0.3, -0.25) is 14.5 Å². The van der Waals surface area contributed by atoms with Crippen LogP contribution in [0.4, 0.5) is 22.7 Å². The van der Waals surface area contributed by atoms with Crippen molar-refractivity contribution in [3.05, 3.63) is 84.9 Å². The van der Waals surface area contributed by atoms with Gasteiger partial charge in [0.25, 0.3) is 0 Å². The summed E-state index contributed by atoms with van der Waals surface area (Å²) >= 11 is 0. The van der Waals surface area contributed by atoms with Crippen molar-refractivity contribution in [1.82, 2.24) is 4.90 Å². The van der Waals surface area contributed by atoms with E-state index in [1.54, 1.807) is 4.90 Å². The molecule has 1 aliphatic rings. The topological polar surface area (TPSA) is 55.9 Å². The van der Waals surface area contributed by atoms with Crippen LogP contribution in [0.2, 0.25) is 0 Å². The van der Waals surface area contributed by atoms with Crippen LogP contribution >= 0.6 is 0 Å². The number of anilines is 4. The lowest BCUT2D eigenvalue weighted by Gasteiger charge is -2.30. The van der Waals surface area contributed by atoms with Crippen LogP contribution in [0.25, 0.3) is 0 Å². The maximum absolute atomic E-state index is 14.0. The van der Waals surface area contributed by atoms with Crippen LogP contribution < -0.4 is 15.1 Å². The van der Waals surface area contributed by atoms with E-state index in [0.29, 0.717) is 12.6 Å². The highest BCUT2D eigenvalue weighted by atomic mass is 16.2. The Bertz CT molecular complexity index is 1130. The van der Waals surface area contributed by atoms with Gasteiger partial charge in [-0.1, -0.05) is 48.5 Å². The average molecular weight is 471 g/mol. The maximum Gasteiger partial charge on any atom is 0.237 e. The van der Waals surface area contributed by atoms with Crippen LogP contribution in [0.5, 0.6) is 0 Å². The lowest BCUT2D eigenvalue weighted by molar-refractivity contribution is -0.125. The minimum Gasteiger partial charge on any atom is -0.368 e. The van der Waals surface area contributed by atoms with E-state index in [-0.39, 0.29) is 18.2 Å². The third kappa shape index (κ3) is 5.89. The van der Waals surface area contributed by atoms with Crippen LogP contribution in [0.1, 0.15) is 20.3 Å². The number of benzene rings is 3. The highest BCUT2D eigenvalue weighted by molar-refractivity contribution is 6.07. The van der Waals surface area contributed by atoms with Gasteiger partial charge in [-0.25, -0.2) is 0 Å². The molecule has 0 fully saturated rings. The smallest absolute Gasteiger partial charge is 0.237 e. The number of carbonyl (C=O) groups is 2. The van der Waals surface area contributed by atoms with Crippen LogP contribution in [0.15, 0.2) is 84.9 Å². The average Bonchev–Trinajstić information content (AvgIpc) is 2.98. The van der Waals surface area contributed by atoms with Crippen molar-refractivity contribution in [3.63, 3.8) is 0 Å². The number of nitrogens with one attached hydrogen (secondary N) is 1. The molecule has 2 amide bonds. The molecule has 1 aliphatic heterocycles. The molecule has 1 N–H and O–H groups in total. The lowest BCUT2D eigenvalue weighted by atomic mass is 10.0. The van der Waals surface area contributed by atoms with Crippen molar-refractivity contribution in [2.24, 2.45) is 5.92 Å². The van der Waals surface area contributed by atoms with Gasteiger partial charge >= 0.3 is 0 Å². The molecular weight excluding hydrogens is 436 g/mol. The SMILES string of the molecule is CC(C)N(C)CCN1CC(CC(=O)Nc2ccccc2)C(=O)N(c2ccccc2)c2ccccc21. The Balaban J connectivity index is 1.67. The summed E-state index contributed by atoms with van der Waals surface area (Å²) in [6.07, 6.45) is 0.113. The predicted octanol–water partition coefficient (Wildman–Crippen LogP) is 5.16. The fourth-order valence-electron chi connectivity index (χ4n) is 4.37. The molecule has 0 bridgehead atoms. The molecule has 35 heavy (non-hydrogen) atoms. The summed E-state index contributed by atoms with van der Waals surface area (Å²) in [5.74, 6) is -0.713. The second-order valence-electron chi connectivity index (χ2n) is 9.33. The Morgan fingerprint density at radius 1 is 0.943 bits per heavy atom. The summed E-state index contributed by atoms with van der Waals surface area (Å²) in [6.45, 7) is 6.45. The molecule has 0 spiro atoms. The Morgan fingerprint density at radius 3 is 2.20 bits per heavy atom. The van der Waals surface area contributed by atoms with Gasteiger partial charge in [0.1, 0.15) is 0 Å². The molecule has 3 aromatic rings. The molecule has 6 heteroatoms. The summed E-state index contributed by atoms with van der Waals surface area (Å²) in [4.78, 5) is 33.3. The molecule has 1 heterocycles. The lowest BCUT2D eigenvalue weighted by Crippen LogP contribution is -2.41. The predicted molar refractivity (Wildman–Crippen MR) is 143 cm³/mol. The van der Waals surface area contributed by atoms with Crippen LogP contribution in [-0.4, -0.2) is 49.4 Å². The van der Waals surface area contributed by atoms with Crippen molar-refractivity contribution in [3.8, 4) is 0 Å². The molecule has 0 aliphatic carbocycles. The van der Waals surface area contributed by atoms with Gasteiger partial charge in [0, 0.05) is 43.5 Å². The van der Waals surface area contributed by atoms with Crippen molar-refractivity contribution < 1.29 is 9.59 Å². The number of nitrogens with zero attached hydrogens (tertiary/aromatic N) is 3. The van der Waals surface area contributed by atoms with E-state index in [1.165, 1.54) is 0 Å². The van der Waals surface area contributed by atoms with Gasteiger partial charge < -0.3 is 15.1 Å². The standard InChI is InChI=1S/C29H34N4O2/c1-22(2)31(3)18-19-32-21-23(20-28(34)30-24-12-6-4-7-13-24)29(35)33(25-14-8-5-9-15-25)27-17-11-10-16-26(27)32/h4-17,22-23H,18-21H2,1-3H3,(H,30,34). The van der Waals surface area contributed by atoms with E-state index in [9.17, 15) is 9.59 Å². The van der Waals surface area contributed by atoms with Gasteiger partial charge in [-0.2, -0.15) is 0 Å². The molecule has 0 aromatic heterocycles. The van der Waals surface area contributed by atoms with Crippen molar-refractivity contribution in [2.45, 2.75) is 26.3 Å². The third-order valence-electron chi connectivity index (χ3n) is 6.58. The molecule has 6 nitrogen and oxygen atoms in total. The van der Waals surface area contributed by atoms with E-state index in [1.807, 2.05) is 78.9 Å². The van der Waals surface area contributed by atoms with Gasteiger partial charge in [-0.05, 0) is 57.3 Å². The third-order valence-corrected chi connectivity index (χ3v) is 6.58. The van der Waals surface area contributed by atoms with E-state index >= 15 is 0 Å². The zero-order valence-electron chi connectivity index (χ0n) is 20.7. The second kappa shape index (κ2) is 11.2. The monoisotopic (exact) mass is 470 g/mol. The Labute approximate surface area is 208 Å². The molecule has 0 saturated carbocycles. The highest BCUT2D eigenvalue weighted by Crippen LogP contribution is 2.39. The first kappa shape index (κ1) is 24.5. The summed E-state index contributed by atoms with van der Waals surface area (Å²) in [6, 6.07) is 27.5. The number of hydrogen-bond acceptors (Lipinski definition) is 4. The zero-order chi connectivity index (χ0) is 24.8. The second-order valence-corrected chi connectivity index (χ2v) is 9.33. The zero-order valence-corrected chi connectivity index (χ0v) is 20.7. The number of carbonyl (C=O) groups excluding carboxylic acids is 2. The number of likely N-dealkylation sites (N-methyl/N-ethyl adjacent to an activating group) is 1. The maximum atomic E-state index is 14.0. The minimum absolute atomic E-state index is 0.0634. The summed E-state index contributed by atoms with van der Waals surface area (Å²) in [5, 5.41) is 2.95. The molecule has 0 radical (unpaired) electrons. The summed E-state index contributed by atoms with van der Waals surface area (Å²) in [7, 11) is 2.11. The van der Waals surface area contributed by atoms with Crippen molar-refractivity contribution >= 4 is 34.6 Å². The first-order chi connectivity index (χ1) is 16.9. The van der Waals surface area contributed by atoms with Gasteiger partial charge in [-0.15, -0.1) is 0 Å². The normalized spacial score (nSPS) is 15.8. The van der Waals surface area contributed by atoms with Crippen LogP contribution in [-0.2, 0) is 9.59 Å². The number of rotatable bonds is 8. The van der Waals surface area contributed by atoms with Crippen molar-refractivity contribution in [2.75, 3.05) is 41.8 Å². The fourth-order valence-corrected chi connectivity index (χ4v) is 4.37. The molecule has 182 valence electrons. The Morgan fingerprint density at radius 2 is 1.54 bits per heavy atom. The van der Waals surface area contributed by atoms with E-state index in [2.05, 4.69) is 42.1 Å². The summed E-state index contributed by atoms with van der Waals surface area (Å²) < 4.78 is 0. The molecule has 1 unspecified atom stereocenters. The van der Waals surface area contributed by atoms with E-state index in [0.717, 1.165) is 35.8 Å². The molecular formula is C29H34N4O2. The molecule has 1 atom stereocenters. The largest absolute Gasteiger partial charge is 0.368 e. The number of hydrogen-bond donors (Lipinski definition) is 1.